The summed E-state index contributed by atoms with van der Waals surface area (Å²) in [6.45, 7) is 0. The van der Waals surface area contributed by atoms with Gasteiger partial charge < -0.3 is 9.51 Å². The first-order chi connectivity index (χ1) is 6.66. The zero-order chi connectivity index (χ0) is 10.1. The molecular formula is C9H7FN2O2. The average molecular weight is 194 g/mol. The van der Waals surface area contributed by atoms with Crippen LogP contribution in [0.15, 0.2) is 24.5 Å². The summed E-state index contributed by atoms with van der Waals surface area (Å²) in [6, 6.07) is 2.57. The van der Waals surface area contributed by atoms with Gasteiger partial charge in [0, 0.05) is 6.20 Å². The summed E-state index contributed by atoms with van der Waals surface area (Å²) in [4.78, 5) is 14.3. The topological polar surface area (TPSA) is 54.6 Å². The lowest BCUT2D eigenvalue weighted by atomic mass is 10.4. The molecule has 5 heteroatoms. The Morgan fingerprint density at radius 1 is 1.64 bits per heavy atom. The van der Waals surface area contributed by atoms with Crippen molar-refractivity contribution in [2.45, 2.75) is 6.42 Å². The van der Waals surface area contributed by atoms with E-state index in [9.17, 15) is 9.18 Å². The Morgan fingerprint density at radius 2 is 2.43 bits per heavy atom. The van der Waals surface area contributed by atoms with E-state index in [4.69, 9.17) is 5.11 Å². The van der Waals surface area contributed by atoms with Gasteiger partial charge in [-0.3, -0.25) is 4.79 Å². The van der Waals surface area contributed by atoms with E-state index in [0.717, 1.165) is 0 Å². The predicted molar refractivity (Wildman–Crippen MR) is 46.5 cm³/mol. The Kier molecular flexibility index (Phi) is 1.92. The van der Waals surface area contributed by atoms with Crippen molar-refractivity contribution in [2.75, 3.05) is 0 Å². The van der Waals surface area contributed by atoms with Crippen LogP contribution in [0.2, 0.25) is 0 Å². The molecule has 72 valence electrons. The quantitative estimate of drug-likeness (QED) is 0.778. The van der Waals surface area contributed by atoms with Crippen molar-refractivity contribution in [1.29, 1.82) is 0 Å². The third kappa shape index (κ3) is 1.44. The molecule has 0 aliphatic heterocycles. The Balaban J connectivity index is 2.52. The van der Waals surface area contributed by atoms with Crippen LogP contribution in [0.4, 0.5) is 4.39 Å². The van der Waals surface area contributed by atoms with Crippen molar-refractivity contribution in [3.05, 3.63) is 36.2 Å². The molecule has 2 heterocycles. The maximum Gasteiger partial charge on any atom is 0.311 e. The molecule has 0 atom stereocenters. The molecule has 0 aliphatic rings. The first kappa shape index (κ1) is 8.68. The largest absolute Gasteiger partial charge is 0.481 e. The van der Waals surface area contributed by atoms with Crippen LogP contribution in [0, 0.1) is 5.82 Å². The van der Waals surface area contributed by atoms with E-state index >= 15 is 0 Å². The smallest absolute Gasteiger partial charge is 0.311 e. The van der Waals surface area contributed by atoms with Crippen LogP contribution >= 0.6 is 0 Å². The van der Waals surface area contributed by atoms with Gasteiger partial charge in [-0.2, -0.15) is 0 Å². The van der Waals surface area contributed by atoms with Crippen molar-refractivity contribution < 1.29 is 14.3 Å². The number of aliphatic carboxylic acids is 1. The van der Waals surface area contributed by atoms with Crippen molar-refractivity contribution in [1.82, 2.24) is 9.38 Å². The second-order valence-electron chi connectivity index (χ2n) is 2.88. The first-order valence-electron chi connectivity index (χ1n) is 4.00. The molecule has 0 bridgehead atoms. The maximum atomic E-state index is 12.8. The molecule has 0 saturated heterocycles. The zero-order valence-electron chi connectivity index (χ0n) is 7.14. The lowest BCUT2D eigenvalue weighted by Crippen LogP contribution is -2.04. The van der Waals surface area contributed by atoms with E-state index in [0.29, 0.717) is 11.3 Å². The number of hydrogen-bond donors (Lipinski definition) is 1. The number of halogens is 1. The van der Waals surface area contributed by atoms with Crippen LogP contribution < -0.4 is 0 Å². The van der Waals surface area contributed by atoms with Crippen LogP contribution in [-0.2, 0) is 11.2 Å². The Labute approximate surface area is 78.6 Å². The van der Waals surface area contributed by atoms with Crippen molar-refractivity contribution in [3.8, 4) is 0 Å². The number of carbonyl (C=O) groups is 1. The standard InChI is InChI=1S/C9H7FN2O2/c10-6-1-2-12-7(3-6)5-11-8(12)4-9(13)14/h1-3,5H,4H2,(H,13,14). The molecule has 0 aromatic carbocycles. The lowest BCUT2D eigenvalue weighted by molar-refractivity contribution is -0.136. The fourth-order valence-electron chi connectivity index (χ4n) is 1.29. The number of hydrogen-bond acceptors (Lipinski definition) is 2. The normalized spacial score (nSPS) is 10.6. The summed E-state index contributed by atoms with van der Waals surface area (Å²) in [5.41, 5.74) is 0.557. The highest BCUT2D eigenvalue weighted by molar-refractivity contribution is 5.69. The van der Waals surface area contributed by atoms with E-state index in [2.05, 4.69) is 4.98 Å². The number of carboxylic acid groups (broad SMARTS) is 1. The van der Waals surface area contributed by atoms with Gasteiger partial charge in [-0.15, -0.1) is 0 Å². The Hall–Kier alpha value is -1.91. The van der Waals surface area contributed by atoms with Gasteiger partial charge in [-0.05, 0) is 12.1 Å². The lowest BCUT2D eigenvalue weighted by Gasteiger charge is -1.97. The van der Waals surface area contributed by atoms with Gasteiger partial charge in [0.1, 0.15) is 18.1 Å². The fourth-order valence-corrected chi connectivity index (χ4v) is 1.29. The molecule has 14 heavy (non-hydrogen) atoms. The summed E-state index contributed by atoms with van der Waals surface area (Å²) >= 11 is 0. The zero-order valence-corrected chi connectivity index (χ0v) is 7.14. The summed E-state index contributed by atoms with van der Waals surface area (Å²) in [6.07, 6.45) is 2.75. The molecule has 2 aromatic rings. The maximum absolute atomic E-state index is 12.8. The molecular weight excluding hydrogens is 187 g/mol. The van der Waals surface area contributed by atoms with E-state index in [1.54, 1.807) is 4.40 Å². The van der Waals surface area contributed by atoms with Gasteiger partial charge in [0.2, 0.25) is 0 Å². The molecule has 0 amide bonds. The molecule has 2 rings (SSSR count). The summed E-state index contributed by atoms with van der Waals surface area (Å²) < 4.78 is 14.3. The van der Waals surface area contributed by atoms with Crippen LogP contribution in [0.25, 0.3) is 5.52 Å². The van der Waals surface area contributed by atoms with Crippen molar-refractivity contribution in [2.24, 2.45) is 0 Å². The highest BCUT2D eigenvalue weighted by Gasteiger charge is 2.07. The van der Waals surface area contributed by atoms with Gasteiger partial charge in [0.05, 0.1) is 11.7 Å². The fraction of sp³-hybridized carbons (Fsp3) is 0.111. The van der Waals surface area contributed by atoms with Crippen molar-refractivity contribution >= 4 is 11.5 Å². The van der Waals surface area contributed by atoms with Gasteiger partial charge in [-0.1, -0.05) is 0 Å². The summed E-state index contributed by atoms with van der Waals surface area (Å²) in [5, 5.41) is 8.57. The minimum atomic E-state index is -0.957. The second kappa shape index (κ2) is 3.10. The molecule has 0 radical (unpaired) electrons. The number of imidazole rings is 1. The number of pyridine rings is 1. The summed E-state index contributed by atoms with van der Waals surface area (Å²) in [7, 11) is 0. The van der Waals surface area contributed by atoms with E-state index in [-0.39, 0.29) is 12.2 Å². The number of rotatable bonds is 2. The van der Waals surface area contributed by atoms with E-state index in [1.807, 2.05) is 0 Å². The molecule has 0 spiro atoms. The summed E-state index contributed by atoms with van der Waals surface area (Å²) in [5.74, 6) is -0.923. The van der Waals surface area contributed by atoms with Gasteiger partial charge in [-0.25, -0.2) is 9.37 Å². The minimum absolute atomic E-state index is 0.167. The number of aromatic nitrogens is 2. The van der Waals surface area contributed by atoms with E-state index in [1.165, 1.54) is 24.5 Å². The predicted octanol–water partition coefficient (Wildman–Crippen LogP) is 1.10. The molecule has 0 saturated carbocycles. The third-order valence-corrected chi connectivity index (χ3v) is 1.88. The number of carboxylic acids is 1. The van der Waals surface area contributed by atoms with Gasteiger partial charge in [0.25, 0.3) is 0 Å². The molecule has 2 aromatic heterocycles. The monoisotopic (exact) mass is 194 g/mol. The number of fused-ring (bicyclic) bond motifs is 1. The highest BCUT2D eigenvalue weighted by Crippen LogP contribution is 2.09. The molecule has 0 fully saturated rings. The average Bonchev–Trinajstić information content (AvgIpc) is 2.47. The highest BCUT2D eigenvalue weighted by atomic mass is 19.1. The van der Waals surface area contributed by atoms with Crippen LogP contribution in [0.3, 0.4) is 0 Å². The molecule has 1 N–H and O–H groups in total. The van der Waals surface area contributed by atoms with Crippen LogP contribution in [0.1, 0.15) is 5.82 Å². The van der Waals surface area contributed by atoms with Gasteiger partial charge in [0.15, 0.2) is 0 Å². The first-order valence-corrected chi connectivity index (χ1v) is 4.00. The van der Waals surface area contributed by atoms with Crippen LogP contribution in [0.5, 0.6) is 0 Å². The minimum Gasteiger partial charge on any atom is -0.481 e. The second-order valence-corrected chi connectivity index (χ2v) is 2.88. The van der Waals surface area contributed by atoms with E-state index < -0.39 is 5.97 Å². The van der Waals surface area contributed by atoms with Crippen LogP contribution in [-0.4, -0.2) is 20.5 Å². The molecule has 0 aliphatic carbocycles. The van der Waals surface area contributed by atoms with Crippen molar-refractivity contribution in [3.63, 3.8) is 0 Å². The van der Waals surface area contributed by atoms with Gasteiger partial charge >= 0.3 is 5.97 Å². The molecule has 4 nitrogen and oxygen atoms in total. The Bertz CT molecular complexity index is 493. The Morgan fingerprint density at radius 3 is 3.14 bits per heavy atom. The SMILES string of the molecule is O=C(O)Cc1ncc2cc(F)ccn12. The molecule has 0 unspecified atom stereocenters. The third-order valence-electron chi connectivity index (χ3n) is 1.88. The number of nitrogens with zero attached hydrogens (tertiary/aromatic N) is 2.